The summed E-state index contributed by atoms with van der Waals surface area (Å²) < 4.78 is 0. The monoisotopic (exact) mass is 215 g/mol. The van der Waals surface area contributed by atoms with E-state index in [1.54, 1.807) is 0 Å². The Kier molecular flexibility index (Phi) is 5.95. The number of hydrogen-bond donors (Lipinski definition) is 1. The molecule has 2 N–H and O–H groups in total. The van der Waals surface area contributed by atoms with Crippen molar-refractivity contribution in [3.05, 3.63) is 0 Å². The van der Waals surface area contributed by atoms with Gasteiger partial charge in [-0.15, -0.1) is 0 Å². The van der Waals surface area contributed by atoms with Gasteiger partial charge in [0.05, 0.1) is 0 Å². The van der Waals surface area contributed by atoms with Crippen molar-refractivity contribution in [2.24, 2.45) is 11.1 Å². The molecule has 0 radical (unpaired) electrons. The van der Waals surface area contributed by atoms with Crippen molar-refractivity contribution in [1.82, 2.24) is 0 Å². The van der Waals surface area contributed by atoms with Gasteiger partial charge in [-0.3, -0.25) is 0 Å². The van der Waals surface area contributed by atoms with E-state index in [-0.39, 0.29) is 0 Å². The zero-order valence-corrected chi connectivity index (χ0v) is 10.4. The molecular formula is C12H25NS. The molecule has 1 rings (SSSR count). The molecule has 1 saturated carbocycles. The fourth-order valence-corrected chi connectivity index (χ4v) is 3.33. The lowest BCUT2D eigenvalue weighted by Crippen LogP contribution is -2.30. The van der Waals surface area contributed by atoms with E-state index in [9.17, 15) is 0 Å². The quantitative estimate of drug-likeness (QED) is 0.562. The predicted octanol–water partition coefficient (Wildman–Crippen LogP) is 3.43. The van der Waals surface area contributed by atoms with Gasteiger partial charge in [0.2, 0.25) is 0 Å². The molecule has 0 aromatic carbocycles. The highest BCUT2D eigenvalue weighted by atomic mass is 32.2. The van der Waals surface area contributed by atoms with E-state index in [1.165, 1.54) is 56.5 Å². The standard InChI is InChI=1S/C12H25NS/c1-2-14-10-9-12(11-13)7-5-3-4-6-8-12/h2-11,13H2,1H3. The molecule has 0 atom stereocenters. The third-order valence-corrected chi connectivity index (χ3v) is 4.48. The van der Waals surface area contributed by atoms with E-state index >= 15 is 0 Å². The molecule has 1 nitrogen and oxygen atoms in total. The van der Waals surface area contributed by atoms with Crippen molar-refractivity contribution >= 4 is 11.8 Å². The normalized spacial score (nSPS) is 21.9. The molecule has 0 aromatic rings. The molecule has 1 fully saturated rings. The van der Waals surface area contributed by atoms with Gasteiger partial charge in [0.1, 0.15) is 0 Å². The third kappa shape index (κ3) is 3.82. The van der Waals surface area contributed by atoms with Crippen LogP contribution >= 0.6 is 11.8 Å². The van der Waals surface area contributed by atoms with Gasteiger partial charge >= 0.3 is 0 Å². The Bertz CT molecular complexity index is 139. The van der Waals surface area contributed by atoms with Crippen LogP contribution in [0.15, 0.2) is 0 Å². The van der Waals surface area contributed by atoms with Crippen LogP contribution < -0.4 is 5.73 Å². The molecule has 0 aliphatic heterocycles. The first-order valence-electron chi connectivity index (χ1n) is 6.11. The van der Waals surface area contributed by atoms with E-state index in [0.717, 1.165) is 6.54 Å². The Morgan fingerprint density at radius 1 is 1.14 bits per heavy atom. The topological polar surface area (TPSA) is 26.0 Å². The Morgan fingerprint density at radius 2 is 1.79 bits per heavy atom. The minimum Gasteiger partial charge on any atom is -0.330 e. The smallest absolute Gasteiger partial charge is 0.00202 e. The van der Waals surface area contributed by atoms with Crippen LogP contribution in [-0.2, 0) is 0 Å². The zero-order valence-electron chi connectivity index (χ0n) is 9.56. The first kappa shape index (κ1) is 12.4. The highest BCUT2D eigenvalue weighted by Crippen LogP contribution is 2.37. The second kappa shape index (κ2) is 6.73. The van der Waals surface area contributed by atoms with Crippen LogP contribution in [0.5, 0.6) is 0 Å². The summed E-state index contributed by atoms with van der Waals surface area (Å²) in [7, 11) is 0. The van der Waals surface area contributed by atoms with E-state index in [1.807, 2.05) is 0 Å². The van der Waals surface area contributed by atoms with Crippen molar-refractivity contribution in [3.8, 4) is 0 Å². The van der Waals surface area contributed by atoms with Crippen molar-refractivity contribution in [2.75, 3.05) is 18.1 Å². The predicted molar refractivity (Wildman–Crippen MR) is 66.8 cm³/mol. The maximum Gasteiger partial charge on any atom is -0.00202 e. The summed E-state index contributed by atoms with van der Waals surface area (Å²) >= 11 is 2.07. The Hall–Kier alpha value is 0.310. The van der Waals surface area contributed by atoms with E-state index in [0.29, 0.717) is 5.41 Å². The maximum atomic E-state index is 5.98. The third-order valence-electron chi connectivity index (χ3n) is 3.58. The molecule has 84 valence electrons. The van der Waals surface area contributed by atoms with Gasteiger partial charge in [0.15, 0.2) is 0 Å². The lowest BCUT2D eigenvalue weighted by Gasteiger charge is -2.31. The van der Waals surface area contributed by atoms with Crippen LogP contribution in [0.4, 0.5) is 0 Å². The van der Waals surface area contributed by atoms with Gasteiger partial charge < -0.3 is 5.73 Å². The summed E-state index contributed by atoms with van der Waals surface area (Å²) in [5.41, 5.74) is 6.49. The Morgan fingerprint density at radius 3 is 2.29 bits per heavy atom. The Balaban J connectivity index is 2.37. The highest BCUT2D eigenvalue weighted by Gasteiger charge is 2.28. The number of rotatable bonds is 5. The molecule has 2 heteroatoms. The average Bonchev–Trinajstić information content (AvgIpc) is 2.45. The van der Waals surface area contributed by atoms with Crippen LogP contribution in [0.3, 0.4) is 0 Å². The largest absolute Gasteiger partial charge is 0.330 e. The average molecular weight is 215 g/mol. The molecule has 0 spiro atoms. The highest BCUT2D eigenvalue weighted by molar-refractivity contribution is 7.99. The van der Waals surface area contributed by atoms with Crippen LogP contribution in [-0.4, -0.2) is 18.1 Å². The van der Waals surface area contributed by atoms with Crippen LogP contribution in [0.1, 0.15) is 51.9 Å². The molecule has 14 heavy (non-hydrogen) atoms. The summed E-state index contributed by atoms with van der Waals surface area (Å²) in [5, 5.41) is 0. The van der Waals surface area contributed by atoms with Crippen molar-refractivity contribution in [3.63, 3.8) is 0 Å². The summed E-state index contributed by atoms with van der Waals surface area (Å²) in [6.45, 7) is 3.16. The van der Waals surface area contributed by atoms with Gasteiger partial charge in [0.25, 0.3) is 0 Å². The molecule has 1 aliphatic rings. The molecule has 1 aliphatic carbocycles. The fraction of sp³-hybridized carbons (Fsp3) is 1.00. The van der Waals surface area contributed by atoms with Gasteiger partial charge in [-0.2, -0.15) is 11.8 Å². The van der Waals surface area contributed by atoms with E-state index in [4.69, 9.17) is 5.73 Å². The first-order chi connectivity index (χ1) is 6.83. The molecule has 0 amide bonds. The van der Waals surface area contributed by atoms with Crippen LogP contribution in [0.25, 0.3) is 0 Å². The molecule has 0 saturated heterocycles. The van der Waals surface area contributed by atoms with Crippen molar-refractivity contribution in [2.45, 2.75) is 51.9 Å². The summed E-state index contributed by atoms with van der Waals surface area (Å²) in [6, 6.07) is 0. The van der Waals surface area contributed by atoms with E-state index < -0.39 is 0 Å². The summed E-state index contributed by atoms with van der Waals surface area (Å²) in [6.07, 6.45) is 9.80. The Labute approximate surface area is 93.2 Å². The molecule has 0 heterocycles. The van der Waals surface area contributed by atoms with Crippen molar-refractivity contribution in [1.29, 1.82) is 0 Å². The lowest BCUT2D eigenvalue weighted by molar-refractivity contribution is 0.246. The second-order valence-corrected chi connectivity index (χ2v) is 5.96. The minimum absolute atomic E-state index is 0.513. The van der Waals surface area contributed by atoms with E-state index in [2.05, 4.69) is 18.7 Å². The lowest BCUT2D eigenvalue weighted by atomic mass is 9.78. The fourth-order valence-electron chi connectivity index (χ4n) is 2.47. The molecule has 0 unspecified atom stereocenters. The summed E-state index contributed by atoms with van der Waals surface area (Å²) in [5.74, 6) is 2.56. The van der Waals surface area contributed by atoms with Crippen LogP contribution in [0, 0.1) is 5.41 Å². The zero-order chi connectivity index (χ0) is 10.3. The van der Waals surface area contributed by atoms with Gasteiger partial charge in [-0.05, 0) is 42.7 Å². The van der Waals surface area contributed by atoms with Gasteiger partial charge in [0, 0.05) is 0 Å². The molecule has 0 bridgehead atoms. The molecular weight excluding hydrogens is 190 g/mol. The first-order valence-corrected chi connectivity index (χ1v) is 7.26. The van der Waals surface area contributed by atoms with Crippen molar-refractivity contribution < 1.29 is 0 Å². The summed E-state index contributed by atoms with van der Waals surface area (Å²) in [4.78, 5) is 0. The SMILES string of the molecule is CCSCCC1(CN)CCCCCC1. The van der Waals surface area contributed by atoms with Gasteiger partial charge in [-0.1, -0.05) is 32.6 Å². The number of thioether (sulfide) groups is 1. The maximum absolute atomic E-state index is 5.98. The number of nitrogens with two attached hydrogens (primary N) is 1. The van der Waals surface area contributed by atoms with Gasteiger partial charge in [-0.25, -0.2) is 0 Å². The second-order valence-electron chi connectivity index (χ2n) is 4.57. The molecule has 0 aromatic heterocycles. The minimum atomic E-state index is 0.513. The van der Waals surface area contributed by atoms with Crippen LogP contribution in [0.2, 0.25) is 0 Å². The number of hydrogen-bond acceptors (Lipinski definition) is 2.